The van der Waals surface area contributed by atoms with Crippen LogP contribution in [0.4, 0.5) is 4.79 Å². The number of amides is 1. The fourth-order valence-electron chi connectivity index (χ4n) is 3.59. The summed E-state index contributed by atoms with van der Waals surface area (Å²) in [4.78, 5) is 14.0. The SMILES string of the molecule is CC(C)(C)OC(=O)N1CCC(C=Cc2ccc(B3OC(C)(C)C(C)(C)O3)cc2)CC1. The van der Waals surface area contributed by atoms with Crippen LogP contribution < -0.4 is 5.46 Å². The van der Waals surface area contributed by atoms with Gasteiger partial charge in [0, 0.05) is 13.1 Å². The molecular weight excluding hydrogens is 377 g/mol. The van der Waals surface area contributed by atoms with Crippen LogP contribution in [-0.4, -0.2) is 48.0 Å². The Morgan fingerprint density at radius 1 is 1.07 bits per heavy atom. The Kier molecular flexibility index (Phi) is 6.40. The Bertz CT molecular complexity index is 755. The van der Waals surface area contributed by atoms with Gasteiger partial charge in [0.1, 0.15) is 5.60 Å². The molecule has 2 aliphatic heterocycles. The number of piperidine rings is 1. The maximum absolute atomic E-state index is 12.2. The van der Waals surface area contributed by atoms with Crippen molar-refractivity contribution in [1.82, 2.24) is 4.90 Å². The van der Waals surface area contributed by atoms with Crippen LogP contribution in [0, 0.1) is 5.92 Å². The van der Waals surface area contributed by atoms with Gasteiger partial charge in [0.05, 0.1) is 11.2 Å². The first-order valence-corrected chi connectivity index (χ1v) is 11.0. The molecule has 2 fully saturated rings. The third-order valence-electron chi connectivity index (χ3n) is 6.21. The van der Waals surface area contributed by atoms with E-state index < -0.39 is 5.60 Å². The van der Waals surface area contributed by atoms with Crippen LogP contribution in [0.25, 0.3) is 6.08 Å². The lowest BCUT2D eigenvalue weighted by Crippen LogP contribution is -2.41. The molecule has 5 nitrogen and oxygen atoms in total. The van der Waals surface area contributed by atoms with Crippen molar-refractivity contribution in [3.63, 3.8) is 0 Å². The minimum atomic E-state index is -0.444. The quantitative estimate of drug-likeness (QED) is 0.677. The van der Waals surface area contributed by atoms with Crippen molar-refractivity contribution in [1.29, 1.82) is 0 Å². The fourth-order valence-corrected chi connectivity index (χ4v) is 3.59. The van der Waals surface area contributed by atoms with E-state index in [1.54, 1.807) is 0 Å². The number of carbonyl (C=O) groups is 1. The minimum absolute atomic E-state index is 0.205. The molecule has 30 heavy (non-hydrogen) atoms. The van der Waals surface area contributed by atoms with E-state index in [0.29, 0.717) is 5.92 Å². The monoisotopic (exact) mass is 413 g/mol. The Morgan fingerprint density at radius 2 is 1.60 bits per heavy atom. The van der Waals surface area contributed by atoms with Crippen molar-refractivity contribution < 1.29 is 18.8 Å². The van der Waals surface area contributed by atoms with Gasteiger partial charge in [0.25, 0.3) is 0 Å². The summed E-state index contributed by atoms with van der Waals surface area (Å²) >= 11 is 0. The lowest BCUT2D eigenvalue weighted by atomic mass is 9.79. The second-order valence-corrected chi connectivity index (χ2v) is 10.4. The Hall–Kier alpha value is -1.79. The first kappa shape index (κ1) is 22.9. The molecule has 0 radical (unpaired) electrons. The number of allylic oxidation sites excluding steroid dienone is 1. The summed E-state index contributed by atoms with van der Waals surface area (Å²) in [5.74, 6) is 0.478. The lowest BCUT2D eigenvalue weighted by Gasteiger charge is -2.32. The van der Waals surface area contributed by atoms with Crippen molar-refractivity contribution >= 4 is 24.8 Å². The second-order valence-electron chi connectivity index (χ2n) is 10.4. The van der Waals surface area contributed by atoms with Crippen LogP contribution in [0.15, 0.2) is 30.3 Å². The number of rotatable bonds is 3. The van der Waals surface area contributed by atoms with Gasteiger partial charge in [-0.05, 0) is 78.3 Å². The third kappa shape index (κ3) is 5.47. The number of hydrogen-bond donors (Lipinski definition) is 0. The van der Waals surface area contributed by atoms with Gasteiger partial charge in [0.15, 0.2) is 0 Å². The smallest absolute Gasteiger partial charge is 0.444 e. The molecular formula is C24H36BNO4. The van der Waals surface area contributed by atoms with Gasteiger partial charge in [-0.25, -0.2) is 4.79 Å². The molecule has 0 bridgehead atoms. The molecule has 0 saturated carbocycles. The van der Waals surface area contributed by atoms with Gasteiger partial charge in [-0.1, -0.05) is 36.4 Å². The van der Waals surface area contributed by atoms with E-state index in [4.69, 9.17) is 14.0 Å². The maximum Gasteiger partial charge on any atom is 0.494 e. The first-order valence-electron chi connectivity index (χ1n) is 11.0. The highest BCUT2D eigenvalue weighted by molar-refractivity contribution is 6.62. The van der Waals surface area contributed by atoms with Gasteiger partial charge >= 0.3 is 13.2 Å². The summed E-state index contributed by atoms with van der Waals surface area (Å²) < 4.78 is 17.7. The van der Waals surface area contributed by atoms with Crippen molar-refractivity contribution in [2.75, 3.05) is 13.1 Å². The Labute approximate surface area is 181 Å². The third-order valence-corrected chi connectivity index (χ3v) is 6.21. The number of nitrogens with zero attached hydrogens (tertiary/aromatic N) is 1. The van der Waals surface area contributed by atoms with E-state index >= 15 is 0 Å². The largest absolute Gasteiger partial charge is 0.494 e. The molecule has 0 aromatic heterocycles. The standard InChI is InChI=1S/C24H36BNO4/c1-22(2,3)28-21(27)26-16-14-19(15-17-26)9-8-18-10-12-20(13-11-18)25-29-23(4,5)24(6,7)30-25/h8-13,19H,14-17H2,1-7H3. The Balaban J connectivity index is 1.51. The summed E-state index contributed by atoms with van der Waals surface area (Å²) in [6.45, 7) is 15.5. The van der Waals surface area contributed by atoms with Gasteiger partial charge in [-0.2, -0.15) is 0 Å². The van der Waals surface area contributed by atoms with Crippen LogP contribution in [0.5, 0.6) is 0 Å². The van der Waals surface area contributed by atoms with Crippen molar-refractivity contribution in [2.24, 2.45) is 5.92 Å². The van der Waals surface area contributed by atoms with E-state index in [-0.39, 0.29) is 24.4 Å². The molecule has 2 aliphatic rings. The van der Waals surface area contributed by atoms with E-state index in [1.807, 2.05) is 25.7 Å². The molecule has 0 unspecified atom stereocenters. The normalized spacial score (nSPS) is 22.0. The van der Waals surface area contributed by atoms with Crippen molar-refractivity contribution in [2.45, 2.75) is 78.1 Å². The predicted molar refractivity (Wildman–Crippen MR) is 122 cm³/mol. The highest BCUT2D eigenvalue weighted by Crippen LogP contribution is 2.36. The van der Waals surface area contributed by atoms with Crippen LogP contribution in [0.2, 0.25) is 0 Å². The zero-order valence-electron chi connectivity index (χ0n) is 19.5. The summed E-state index contributed by atoms with van der Waals surface area (Å²) in [7, 11) is -0.329. The van der Waals surface area contributed by atoms with Gasteiger partial charge in [-0.15, -0.1) is 0 Å². The molecule has 164 valence electrons. The van der Waals surface area contributed by atoms with Crippen molar-refractivity contribution in [3.05, 3.63) is 35.9 Å². The van der Waals surface area contributed by atoms with E-state index in [1.165, 1.54) is 0 Å². The number of hydrogen-bond acceptors (Lipinski definition) is 4. The summed E-state index contributed by atoms with van der Waals surface area (Å²) in [5, 5.41) is 0. The lowest BCUT2D eigenvalue weighted by molar-refractivity contribution is 0.00578. The van der Waals surface area contributed by atoms with E-state index in [0.717, 1.165) is 37.0 Å². The Morgan fingerprint density at radius 3 is 2.10 bits per heavy atom. The summed E-state index contributed by atoms with van der Waals surface area (Å²) in [5.41, 5.74) is 1.09. The molecule has 3 rings (SSSR count). The molecule has 1 aromatic carbocycles. The summed E-state index contributed by atoms with van der Waals surface area (Å²) in [6, 6.07) is 8.36. The van der Waals surface area contributed by atoms with Crippen LogP contribution in [0.1, 0.15) is 66.9 Å². The molecule has 0 aliphatic carbocycles. The molecule has 0 N–H and O–H groups in total. The second kappa shape index (κ2) is 8.39. The first-order chi connectivity index (χ1) is 13.9. The number of likely N-dealkylation sites (tertiary alicyclic amines) is 1. The zero-order chi connectivity index (χ0) is 22.2. The fraction of sp³-hybridized carbons (Fsp3) is 0.625. The highest BCUT2D eigenvalue weighted by atomic mass is 16.7. The zero-order valence-corrected chi connectivity index (χ0v) is 19.5. The van der Waals surface area contributed by atoms with Crippen LogP contribution in [0.3, 0.4) is 0 Å². The molecule has 1 aromatic rings. The average Bonchev–Trinajstić information content (AvgIpc) is 2.87. The summed E-state index contributed by atoms with van der Waals surface area (Å²) in [6.07, 6.45) is 6.14. The number of ether oxygens (including phenoxy) is 1. The molecule has 0 atom stereocenters. The molecule has 2 saturated heterocycles. The molecule has 6 heteroatoms. The van der Waals surface area contributed by atoms with Crippen LogP contribution >= 0.6 is 0 Å². The van der Waals surface area contributed by atoms with Gasteiger partial charge in [0.2, 0.25) is 0 Å². The number of benzene rings is 1. The van der Waals surface area contributed by atoms with E-state index in [9.17, 15) is 4.79 Å². The predicted octanol–water partition coefficient (Wildman–Crippen LogP) is 4.65. The maximum atomic E-state index is 12.2. The average molecular weight is 413 g/mol. The van der Waals surface area contributed by atoms with Crippen molar-refractivity contribution in [3.8, 4) is 0 Å². The van der Waals surface area contributed by atoms with Crippen LogP contribution in [-0.2, 0) is 14.0 Å². The topological polar surface area (TPSA) is 48.0 Å². The molecule has 0 spiro atoms. The van der Waals surface area contributed by atoms with Gasteiger partial charge in [-0.3, -0.25) is 0 Å². The van der Waals surface area contributed by atoms with Gasteiger partial charge < -0.3 is 18.9 Å². The molecule has 2 heterocycles. The van der Waals surface area contributed by atoms with E-state index in [2.05, 4.69) is 64.1 Å². The number of carbonyl (C=O) groups excluding carboxylic acids is 1. The highest BCUT2D eigenvalue weighted by Gasteiger charge is 2.51. The molecule has 1 amide bonds. The minimum Gasteiger partial charge on any atom is -0.444 e.